The van der Waals surface area contributed by atoms with Gasteiger partial charge in [-0.1, -0.05) is 18.2 Å². The van der Waals surface area contributed by atoms with Crippen molar-refractivity contribution < 1.29 is 17.9 Å². The number of nitrogens with two attached hydrogens (primary N) is 1. The zero-order chi connectivity index (χ0) is 15.2. The van der Waals surface area contributed by atoms with Gasteiger partial charge in [-0.15, -0.1) is 0 Å². The van der Waals surface area contributed by atoms with Gasteiger partial charge in [-0.3, -0.25) is 0 Å². The first-order chi connectivity index (χ1) is 10.1. The van der Waals surface area contributed by atoms with Crippen molar-refractivity contribution in [3.8, 4) is 5.75 Å². The Labute approximate surface area is 121 Å². The Hall–Kier alpha value is -2.01. The van der Waals surface area contributed by atoms with Crippen LogP contribution in [-0.4, -0.2) is 13.2 Å². The van der Waals surface area contributed by atoms with Gasteiger partial charge in [-0.05, 0) is 36.7 Å². The molecule has 5 heteroatoms. The topological polar surface area (TPSA) is 35.2 Å². The summed E-state index contributed by atoms with van der Waals surface area (Å²) in [5.74, 6) is -2.14. The average molecular weight is 295 g/mol. The van der Waals surface area contributed by atoms with E-state index in [-0.39, 0.29) is 30.6 Å². The quantitative estimate of drug-likeness (QED) is 0.883. The van der Waals surface area contributed by atoms with Crippen LogP contribution < -0.4 is 10.5 Å². The van der Waals surface area contributed by atoms with Gasteiger partial charge >= 0.3 is 0 Å². The minimum atomic E-state index is -0.961. The number of hydrogen-bond donors (Lipinski definition) is 1. The summed E-state index contributed by atoms with van der Waals surface area (Å²) >= 11 is 0. The summed E-state index contributed by atoms with van der Waals surface area (Å²) < 4.78 is 44.8. The van der Waals surface area contributed by atoms with E-state index in [1.54, 1.807) is 18.2 Å². The van der Waals surface area contributed by atoms with E-state index in [0.29, 0.717) is 12.0 Å². The van der Waals surface area contributed by atoms with Crippen molar-refractivity contribution in [3.63, 3.8) is 0 Å². The minimum Gasteiger partial charge on any atom is -0.493 e. The summed E-state index contributed by atoms with van der Waals surface area (Å²) in [6.07, 6.45) is 0.483. The summed E-state index contributed by atoms with van der Waals surface area (Å²) in [6.45, 7) is 0.517. The van der Waals surface area contributed by atoms with Crippen molar-refractivity contribution >= 4 is 0 Å². The molecule has 0 heterocycles. The largest absolute Gasteiger partial charge is 0.493 e. The highest BCUT2D eigenvalue weighted by Crippen LogP contribution is 2.22. The Kier molecular flexibility index (Phi) is 5.22. The lowest BCUT2D eigenvalue weighted by Crippen LogP contribution is -2.16. The van der Waals surface area contributed by atoms with Crippen molar-refractivity contribution in [1.29, 1.82) is 0 Å². The molecule has 0 aliphatic rings. The number of halogens is 3. The lowest BCUT2D eigenvalue weighted by molar-refractivity contribution is 0.294. The van der Waals surface area contributed by atoms with Crippen molar-refractivity contribution in [2.24, 2.45) is 5.73 Å². The molecule has 0 aliphatic carbocycles. The van der Waals surface area contributed by atoms with Gasteiger partial charge in [-0.25, -0.2) is 13.2 Å². The van der Waals surface area contributed by atoms with Crippen LogP contribution in [0.5, 0.6) is 5.75 Å². The molecule has 0 aliphatic heterocycles. The molecule has 2 rings (SSSR count). The molecular weight excluding hydrogens is 279 g/mol. The Balaban J connectivity index is 1.95. The predicted molar refractivity (Wildman–Crippen MR) is 74.7 cm³/mol. The summed E-state index contributed by atoms with van der Waals surface area (Å²) in [4.78, 5) is 0. The molecule has 0 spiro atoms. The zero-order valence-electron chi connectivity index (χ0n) is 11.4. The van der Waals surface area contributed by atoms with Gasteiger partial charge < -0.3 is 10.5 Å². The lowest BCUT2D eigenvalue weighted by Gasteiger charge is -2.16. The van der Waals surface area contributed by atoms with Gasteiger partial charge in [0.2, 0.25) is 0 Å². The molecule has 2 nitrogen and oxygen atoms in total. The lowest BCUT2D eigenvalue weighted by atomic mass is 9.96. The van der Waals surface area contributed by atoms with Crippen LogP contribution in [0.4, 0.5) is 13.2 Å². The predicted octanol–water partition coefficient (Wildman–Crippen LogP) is 3.62. The maximum atomic E-state index is 13.7. The van der Waals surface area contributed by atoms with E-state index in [2.05, 4.69) is 0 Å². The molecule has 0 saturated carbocycles. The Morgan fingerprint density at radius 3 is 2.38 bits per heavy atom. The van der Waals surface area contributed by atoms with Crippen LogP contribution in [-0.2, 0) is 0 Å². The molecule has 1 atom stereocenters. The van der Waals surface area contributed by atoms with Crippen LogP contribution in [0.25, 0.3) is 0 Å². The van der Waals surface area contributed by atoms with E-state index in [1.807, 2.05) is 0 Å². The summed E-state index contributed by atoms with van der Waals surface area (Å²) in [7, 11) is 0. The molecule has 2 aromatic carbocycles. The molecule has 21 heavy (non-hydrogen) atoms. The zero-order valence-corrected chi connectivity index (χ0v) is 11.4. The number of rotatable bonds is 6. The first kappa shape index (κ1) is 15.4. The molecule has 0 amide bonds. The minimum absolute atomic E-state index is 0.184. The van der Waals surface area contributed by atoms with E-state index in [9.17, 15) is 13.2 Å². The second kappa shape index (κ2) is 7.13. The highest BCUT2D eigenvalue weighted by molar-refractivity contribution is 5.24. The summed E-state index contributed by atoms with van der Waals surface area (Å²) in [5, 5.41) is 0. The Morgan fingerprint density at radius 2 is 1.71 bits per heavy atom. The molecule has 0 aromatic heterocycles. The van der Waals surface area contributed by atoms with Crippen molar-refractivity contribution in [3.05, 3.63) is 65.5 Å². The standard InChI is InChI=1S/C16H16F3NO/c17-14-4-2-1-3-13(14)11(10-20)7-8-21-12-5-6-15(18)16(19)9-12/h1-6,9,11H,7-8,10,20H2. The van der Waals surface area contributed by atoms with E-state index >= 15 is 0 Å². The van der Waals surface area contributed by atoms with Crippen LogP contribution in [0.1, 0.15) is 17.9 Å². The molecule has 0 fully saturated rings. The molecular formula is C16H16F3NO. The van der Waals surface area contributed by atoms with Crippen molar-refractivity contribution in [2.45, 2.75) is 12.3 Å². The normalized spacial score (nSPS) is 12.2. The third kappa shape index (κ3) is 3.98. The highest BCUT2D eigenvalue weighted by atomic mass is 19.2. The fourth-order valence-corrected chi connectivity index (χ4v) is 2.09. The monoisotopic (exact) mass is 295 g/mol. The van der Waals surface area contributed by atoms with Gasteiger partial charge in [0, 0.05) is 12.0 Å². The Bertz CT molecular complexity index is 604. The van der Waals surface area contributed by atoms with Crippen LogP contribution in [0.3, 0.4) is 0 Å². The van der Waals surface area contributed by atoms with Crippen LogP contribution in [0, 0.1) is 17.5 Å². The summed E-state index contributed by atoms with van der Waals surface area (Å²) in [5.41, 5.74) is 6.20. The van der Waals surface area contributed by atoms with Gasteiger partial charge in [0.05, 0.1) is 6.61 Å². The fraction of sp³-hybridized carbons (Fsp3) is 0.250. The van der Waals surface area contributed by atoms with E-state index in [1.165, 1.54) is 12.1 Å². The second-order valence-corrected chi connectivity index (χ2v) is 4.67. The second-order valence-electron chi connectivity index (χ2n) is 4.67. The number of benzene rings is 2. The molecule has 0 saturated heterocycles. The van der Waals surface area contributed by atoms with Gasteiger partial charge in [-0.2, -0.15) is 0 Å². The molecule has 1 unspecified atom stereocenters. The SMILES string of the molecule is NCC(CCOc1ccc(F)c(F)c1)c1ccccc1F. The van der Waals surface area contributed by atoms with Gasteiger partial charge in [0.1, 0.15) is 11.6 Å². The first-order valence-corrected chi connectivity index (χ1v) is 6.64. The summed E-state index contributed by atoms with van der Waals surface area (Å²) in [6, 6.07) is 9.76. The fourth-order valence-electron chi connectivity index (χ4n) is 2.09. The molecule has 2 aromatic rings. The number of ether oxygens (including phenoxy) is 1. The maximum absolute atomic E-state index is 13.7. The van der Waals surface area contributed by atoms with Crippen molar-refractivity contribution in [1.82, 2.24) is 0 Å². The van der Waals surface area contributed by atoms with E-state index < -0.39 is 11.6 Å². The molecule has 2 N–H and O–H groups in total. The van der Waals surface area contributed by atoms with Gasteiger partial charge in [0.25, 0.3) is 0 Å². The highest BCUT2D eigenvalue weighted by Gasteiger charge is 2.14. The molecule has 112 valence electrons. The molecule has 0 bridgehead atoms. The van der Waals surface area contributed by atoms with Crippen molar-refractivity contribution in [2.75, 3.05) is 13.2 Å². The number of hydrogen-bond acceptors (Lipinski definition) is 2. The van der Waals surface area contributed by atoms with Crippen LogP contribution >= 0.6 is 0 Å². The maximum Gasteiger partial charge on any atom is 0.162 e. The van der Waals surface area contributed by atoms with Gasteiger partial charge in [0.15, 0.2) is 11.6 Å². The van der Waals surface area contributed by atoms with E-state index in [4.69, 9.17) is 10.5 Å². The van der Waals surface area contributed by atoms with E-state index in [0.717, 1.165) is 12.1 Å². The third-order valence-electron chi connectivity index (χ3n) is 3.26. The first-order valence-electron chi connectivity index (χ1n) is 6.64. The smallest absolute Gasteiger partial charge is 0.162 e. The van der Waals surface area contributed by atoms with Crippen LogP contribution in [0.15, 0.2) is 42.5 Å². The van der Waals surface area contributed by atoms with Crippen LogP contribution in [0.2, 0.25) is 0 Å². The molecule has 0 radical (unpaired) electrons. The Morgan fingerprint density at radius 1 is 0.952 bits per heavy atom. The third-order valence-corrected chi connectivity index (χ3v) is 3.26. The average Bonchev–Trinajstić information content (AvgIpc) is 2.48.